The number of pyridine rings is 1. The van der Waals surface area contributed by atoms with Crippen LogP contribution < -0.4 is 11.2 Å². The summed E-state index contributed by atoms with van der Waals surface area (Å²) in [5.41, 5.74) is -0.267. The summed E-state index contributed by atoms with van der Waals surface area (Å²) in [6.07, 6.45) is 2.77. The summed E-state index contributed by atoms with van der Waals surface area (Å²) >= 11 is 3.05. The van der Waals surface area contributed by atoms with Crippen molar-refractivity contribution in [2.75, 3.05) is 0 Å². The third-order valence-corrected chi connectivity index (χ3v) is 2.91. The Morgan fingerprint density at radius 1 is 1.50 bits per heavy atom. The molecule has 2 rings (SSSR count). The molecule has 0 aliphatic heterocycles. The van der Waals surface area contributed by atoms with Gasteiger partial charge in [-0.25, -0.2) is 9.78 Å². The molecule has 0 aliphatic rings. The number of halogens is 1. The Labute approximate surface area is 110 Å². The summed E-state index contributed by atoms with van der Waals surface area (Å²) in [5.74, 6) is 0. The van der Waals surface area contributed by atoms with Crippen molar-refractivity contribution in [1.29, 1.82) is 5.26 Å². The fourth-order valence-corrected chi connectivity index (χ4v) is 1.80. The van der Waals surface area contributed by atoms with Gasteiger partial charge in [-0.3, -0.25) is 9.36 Å². The number of rotatable bonds is 2. The lowest BCUT2D eigenvalue weighted by Crippen LogP contribution is -2.35. The van der Waals surface area contributed by atoms with Gasteiger partial charge in [-0.1, -0.05) is 6.07 Å². The molecule has 18 heavy (non-hydrogen) atoms. The normalized spacial score (nSPS) is 10.0. The van der Waals surface area contributed by atoms with Gasteiger partial charge in [-0.2, -0.15) is 5.26 Å². The first-order valence-electron chi connectivity index (χ1n) is 4.95. The van der Waals surface area contributed by atoms with Crippen LogP contribution in [0.2, 0.25) is 0 Å². The van der Waals surface area contributed by atoms with Gasteiger partial charge in [0.25, 0.3) is 5.56 Å². The Morgan fingerprint density at radius 3 is 3.00 bits per heavy atom. The van der Waals surface area contributed by atoms with Crippen molar-refractivity contribution >= 4 is 15.9 Å². The van der Waals surface area contributed by atoms with Gasteiger partial charge in [0.2, 0.25) is 0 Å². The number of aromatic amines is 1. The number of hydrogen-bond acceptors (Lipinski definition) is 4. The van der Waals surface area contributed by atoms with E-state index in [0.717, 1.165) is 4.57 Å². The largest absolute Gasteiger partial charge is 0.328 e. The van der Waals surface area contributed by atoms with E-state index >= 15 is 0 Å². The topological polar surface area (TPSA) is 91.5 Å². The second-order valence-electron chi connectivity index (χ2n) is 3.46. The van der Waals surface area contributed by atoms with E-state index in [0.29, 0.717) is 5.56 Å². The number of H-pyrrole nitrogens is 1. The first kappa shape index (κ1) is 12.3. The van der Waals surface area contributed by atoms with Crippen LogP contribution in [-0.4, -0.2) is 14.5 Å². The molecule has 0 unspecified atom stereocenters. The molecule has 0 saturated heterocycles. The second kappa shape index (κ2) is 4.98. The average Bonchev–Trinajstić information content (AvgIpc) is 2.39. The van der Waals surface area contributed by atoms with Gasteiger partial charge in [-0.15, -0.1) is 0 Å². The van der Waals surface area contributed by atoms with Crippen LogP contribution in [0.1, 0.15) is 11.3 Å². The molecule has 2 heterocycles. The first-order valence-corrected chi connectivity index (χ1v) is 5.75. The highest BCUT2D eigenvalue weighted by atomic mass is 79.9. The van der Waals surface area contributed by atoms with Crippen LogP contribution in [0.3, 0.4) is 0 Å². The quantitative estimate of drug-likeness (QED) is 0.880. The smallest absolute Gasteiger partial charge is 0.313 e. The van der Waals surface area contributed by atoms with E-state index < -0.39 is 11.2 Å². The van der Waals surface area contributed by atoms with Gasteiger partial charge in [-0.05, 0) is 22.0 Å². The minimum Gasteiger partial charge on any atom is -0.313 e. The van der Waals surface area contributed by atoms with Crippen molar-refractivity contribution in [2.45, 2.75) is 6.54 Å². The Bertz CT molecular complexity index is 742. The Balaban J connectivity index is 2.54. The van der Waals surface area contributed by atoms with Gasteiger partial charge in [0, 0.05) is 18.0 Å². The number of nitrogens with one attached hydrogen (secondary N) is 1. The molecule has 7 heteroatoms. The zero-order chi connectivity index (χ0) is 13.1. The van der Waals surface area contributed by atoms with Gasteiger partial charge in [0.1, 0.15) is 11.8 Å². The molecule has 0 spiro atoms. The fourth-order valence-electron chi connectivity index (χ4n) is 1.47. The third kappa shape index (κ3) is 2.24. The summed E-state index contributed by atoms with van der Waals surface area (Å²) in [4.78, 5) is 29.7. The molecule has 0 fully saturated rings. The van der Waals surface area contributed by atoms with Crippen molar-refractivity contribution in [1.82, 2.24) is 14.5 Å². The van der Waals surface area contributed by atoms with E-state index in [4.69, 9.17) is 5.26 Å². The van der Waals surface area contributed by atoms with Crippen molar-refractivity contribution in [2.24, 2.45) is 0 Å². The lowest BCUT2D eigenvalue weighted by molar-refractivity contribution is 0.690. The van der Waals surface area contributed by atoms with Gasteiger partial charge in [0.15, 0.2) is 0 Å². The van der Waals surface area contributed by atoms with Crippen LogP contribution in [0.4, 0.5) is 0 Å². The number of nitriles is 1. The van der Waals surface area contributed by atoms with E-state index in [1.807, 2.05) is 6.07 Å². The van der Waals surface area contributed by atoms with Crippen molar-refractivity contribution in [3.8, 4) is 6.07 Å². The van der Waals surface area contributed by atoms with Crippen LogP contribution >= 0.6 is 15.9 Å². The first-order chi connectivity index (χ1) is 8.63. The maximum Gasteiger partial charge on any atom is 0.328 e. The number of nitrogens with zero attached hydrogens (tertiary/aromatic N) is 3. The predicted octanol–water partition coefficient (Wildman–Crippen LogP) is 0.614. The molecule has 0 atom stereocenters. The molecule has 2 aromatic rings. The lowest BCUT2D eigenvalue weighted by Gasteiger charge is -2.05. The maximum absolute atomic E-state index is 11.8. The number of hydrogen-bond donors (Lipinski definition) is 1. The van der Waals surface area contributed by atoms with E-state index in [1.165, 1.54) is 12.4 Å². The monoisotopic (exact) mass is 306 g/mol. The van der Waals surface area contributed by atoms with Crippen LogP contribution in [0.25, 0.3) is 0 Å². The molecule has 0 bridgehead atoms. The van der Waals surface area contributed by atoms with E-state index in [-0.39, 0.29) is 16.7 Å². The summed E-state index contributed by atoms with van der Waals surface area (Å²) < 4.78 is 1.26. The maximum atomic E-state index is 11.8. The standard InChI is InChI=1S/C11H7BrN4O2/c12-8-5-15-11(18)16(10(8)17)6-7-2-1-3-14-9(7)4-13/h1-3,5H,6H2,(H,15,18). The molecule has 6 nitrogen and oxygen atoms in total. The van der Waals surface area contributed by atoms with E-state index in [9.17, 15) is 9.59 Å². The highest BCUT2D eigenvalue weighted by molar-refractivity contribution is 9.10. The molecule has 90 valence electrons. The molecular formula is C11H7BrN4O2. The predicted molar refractivity (Wildman–Crippen MR) is 67.1 cm³/mol. The molecule has 0 aromatic carbocycles. The fraction of sp³-hybridized carbons (Fsp3) is 0.0909. The minimum absolute atomic E-state index is 0.00431. The van der Waals surface area contributed by atoms with Gasteiger partial charge in [0.05, 0.1) is 11.0 Å². The van der Waals surface area contributed by atoms with E-state index in [2.05, 4.69) is 25.9 Å². The van der Waals surface area contributed by atoms with Crippen LogP contribution in [0, 0.1) is 11.3 Å². The van der Waals surface area contributed by atoms with Crippen molar-refractivity contribution < 1.29 is 0 Å². The summed E-state index contributed by atoms with van der Waals surface area (Å²) in [7, 11) is 0. The van der Waals surface area contributed by atoms with Crippen LogP contribution in [0.5, 0.6) is 0 Å². The molecule has 2 aromatic heterocycles. The highest BCUT2D eigenvalue weighted by Gasteiger charge is 2.09. The molecule has 1 N–H and O–H groups in total. The Morgan fingerprint density at radius 2 is 2.28 bits per heavy atom. The zero-order valence-corrected chi connectivity index (χ0v) is 10.6. The van der Waals surface area contributed by atoms with Gasteiger partial charge >= 0.3 is 5.69 Å². The summed E-state index contributed by atoms with van der Waals surface area (Å²) in [6.45, 7) is 0.00431. The molecule has 0 aliphatic carbocycles. The summed E-state index contributed by atoms with van der Waals surface area (Å²) in [5, 5.41) is 8.89. The highest BCUT2D eigenvalue weighted by Crippen LogP contribution is 2.05. The molecule has 0 saturated carbocycles. The van der Waals surface area contributed by atoms with Crippen molar-refractivity contribution in [3.05, 3.63) is 61.1 Å². The zero-order valence-electron chi connectivity index (χ0n) is 9.05. The van der Waals surface area contributed by atoms with Crippen LogP contribution in [-0.2, 0) is 6.54 Å². The summed E-state index contributed by atoms with van der Waals surface area (Å²) in [6, 6.07) is 5.22. The SMILES string of the molecule is N#Cc1ncccc1Cn1c(=O)[nH]cc(Br)c1=O. The van der Waals surface area contributed by atoms with Crippen molar-refractivity contribution in [3.63, 3.8) is 0 Å². The van der Waals surface area contributed by atoms with Gasteiger partial charge < -0.3 is 4.98 Å². The Hall–Kier alpha value is -2.20. The third-order valence-electron chi connectivity index (χ3n) is 2.34. The minimum atomic E-state index is -0.532. The molecule has 0 amide bonds. The number of aromatic nitrogens is 3. The Kier molecular flexibility index (Phi) is 3.39. The lowest BCUT2D eigenvalue weighted by atomic mass is 10.2. The molecule has 0 radical (unpaired) electrons. The molecular weight excluding hydrogens is 300 g/mol. The second-order valence-corrected chi connectivity index (χ2v) is 4.31. The van der Waals surface area contributed by atoms with E-state index in [1.54, 1.807) is 12.1 Å². The van der Waals surface area contributed by atoms with Crippen LogP contribution in [0.15, 0.2) is 38.6 Å². The average molecular weight is 307 g/mol.